The number of nitro groups is 1. The first-order chi connectivity index (χ1) is 14.6. The van der Waals surface area contributed by atoms with Gasteiger partial charge in [-0.25, -0.2) is 0 Å². The van der Waals surface area contributed by atoms with Crippen LogP contribution in [0.3, 0.4) is 0 Å². The molecule has 5 nitrogen and oxygen atoms in total. The molecule has 0 aromatic heterocycles. The number of hydrogen-bond donors (Lipinski definition) is 1. The van der Waals surface area contributed by atoms with Crippen LogP contribution in [0.1, 0.15) is 29.0 Å². The molecule has 0 fully saturated rings. The Labute approximate surface area is 181 Å². The molecule has 0 saturated carbocycles. The van der Waals surface area contributed by atoms with Gasteiger partial charge in [0.25, 0.3) is 5.69 Å². The van der Waals surface area contributed by atoms with E-state index in [4.69, 9.17) is 4.74 Å². The second kappa shape index (κ2) is 7.55. The van der Waals surface area contributed by atoms with Gasteiger partial charge in [0.1, 0.15) is 5.75 Å². The summed E-state index contributed by atoms with van der Waals surface area (Å²) in [6, 6.07) is 26.8. The predicted molar refractivity (Wildman–Crippen MR) is 120 cm³/mol. The summed E-state index contributed by atoms with van der Waals surface area (Å²) in [4.78, 5) is 10.7. The maximum Gasteiger partial charge on any atom is 0.269 e. The van der Waals surface area contributed by atoms with E-state index >= 15 is 0 Å². The quantitative estimate of drug-likeness (QED) is 0.288. The Balaban J connectivity index is 1.65. The van der Waals surface area contributed by atoms with Gasteiger partial charge in [-0.1, -0.05) is 70.5 Å². The summed E-state index contributed by atoms with van der Waals surface area (Å²) >= 11 is 3.47. The van der Waals surface area contributed by atoms with E-state index in [2.05, 4.69) is 39.4 Å². The number of nitrogens with one attached hydrogen (secondary N) is 1. The largest absolute Gasteiger partial charge is 0.471 e. The first-order valence-electron chi connectivity index (χ1n) is 9.54. The van der Waals surface area contributed by atoms with E-state index in [1.807, 2.05) is 54.6 Å². The van der Waals surface area contributed by atoms with Gasteiger partial charge in [-0.3, -0.25) is 15.4 Å². The fourth-order valence-electron chi connectivity index (χ4n) is 3.93. The molecule has 6 heteroatoms. The molecule has 2 atom stereocenters. The highest BCUT2D eigenvalue weighted by atomic mass is 79.9. The Hall–Kier alpha value is -3.22. The molecule has 30 heavy (non-hydrogen) atoms. The topological polar surface area (TPSA) is 64.4 Å². The van der Waals surface area contributed by atoms with Crippen molar-refractivity contribution >= 4 is 32.4 Å². The van der Waals surface area contributed by atoms with Crippen molar-refractivity contribution < 1.29 is 9.66 Å². The number of benzene rings is 4. The summed E-state index contributed by atoms with van der Waals surface area (Å²) in [6.07, 6.45) is -0.341. The summed E-state index contributed by atoms with van der Waals surface area (Å²) in [5.41, 5.74) is 3.07. The first kappa shape index (κ1) is 18.8. The second-order valence-electron chi connectivity index (χ2n) is 7.20. The lowest BCUT2D eigenvalue weighted by Gasteiger charge is -2.35. The Morgan fingerprint density at radius 1 is 0.867 bits per heavy atom. The Kier molecular flexibility index (Phi) is 4.73. The van der Waals surface area contributed by atoms with Crippen molar-refractivity contribution in [2.24, 2.45) is 0 Å². The predicted octanol–water partition coefficient (Wildman–Crippen LogP) is 6.28. The lowest BCUT2D eigenvalue weighted by Crippen LogP contribution is -2.35. The summed E-state index contributed by atoms with van der Waals surface area (Å²) in [6.45, 7) is 0. The fourth-order valence-corrected chi connectivity index (χ4v) is 4.19. The molecular formula is C24H17BrN2O3. The Morgan fingerprint density at radius 3 is 2.30 bits per heavy atom. The van der Waals surface area contributed by atoms with Gasteiger partial charge in [0.2, 0.25) is 0 Å². The number of rotatable bonds is 3. The maximum absolute atomic E-state index is 11.1. The molecule has 0 radical (unpaired) electrons. The minimum absolute atomic E-state index is 0.0772. The van der Waals surface area contributed by atoms with Gasteiger partial charge in [-0.05, 0) is 34.5 Å². The van der Waals surface area contributed by atoms with Crippen LogP contribution in [0, 0.1) is 10.1 Å². The summed E-state index contributed by atoms with van der Waals surface area (Å²) in [5, 5.41) is 16.9. The smallest absolute Gasteiger partial charge is 0.269 e. The third-order valence-corrected chi connectivity index (χ3v) is 5.92. The van der Waals surface area contributed by atoms with E-state index in [1.54, 1.807) is 12.1 Å². The van der Waals surface area contributed by atoms with Crippen LogP contribution >= 0.6 is 15.9 Å². The van der Waals surface area contributed by atoms with Crippen LogP contribution in [0.25, 0.3) is 10.8 Å². The van der Waals surface area contributed by atoms with Crippen molar-refractivity contribution in [3.05, 3.63) is 116 Å². The second-order valence-corrected chi connectivity index (χ2v) is 8.11. The lowest BCUT2D eigenvalue weighted by molar-refractivity contribution is -0.384. The van der Waals surface area contributed by atoms with Crippen LogP contribution < -0.4 is 10.1 Å². The van der Waals surface area contributed by atoms with Gasteiger partial charge in [0.05, 0.1) is 11.0 Å². The van der Waals surface area contributed by atoms with Crippen molar-refractivity contribution in [2.45, 2.75) is 12.3 Å². The molecule has 0 saturated heterocycles. The van der Waals surface area contributed by atoms with Gasteiger partial charge >= 0.3 is 0 Å². The zero-order valence-electron chi connectivity index (χ0n) is 15.8. The van der Waals surface area contributed by atoms with Crippen molar-refractivity contribution in [1.29, 1.82) is 0 Å². The third kappa shape index (κ3) is 3.34. The molecule has 0 amide bonds. The molecule has 148 valence electrons. The normalized spacial score (nSPS) is 17.9. The molecule has 1 aliphatic rings. The maximum atomic E-state index is 11.1. The monoisotopic (exact) mass is 460 g/mol. The van der Waals surface area contributed by atoms with Gasteiger partial charge in [0.15, 0.2) is 6.23 Å². The van der Waals surface area contributed by atoms with E-state index in [-0.39, 0.29) is 22.9 Å². The van der Waals surface area contributed by atoms with Gasteiger partial charge < -0.3 is 4.74 Å². The van der Waals surface area contributed by atoms with E-state index in [0.29, 0.717) is 0 Å². The highest BCUT2D eigenvalue weighted by Gasteiger charge is 2.31. The number of nitrogens with zero attached hydrogens (tertiary/aromatic N) is 1. The highest BCUT2D eigenvalue weighted by molar-refractivity contribution is 9.10. The molecule has 5 rings (SSSR count). The zero-order valence-corrected chi connectivity index (χ0v) is 17.4. The van der Waals surface area contributed by atoms with Crippen molar-refractivity contribution in [3.8, 4) is 5.75 Å². The zero-order chi connectivity index (χ0) is 20.7. The minimum atomic E-state index is -0.380. The number of non-ortho nitro benzene ring substituents is 1. The van der Waals surface area contributed by atoms with E-state index < -0.39 is 0 Å². The van der Waals surface area contributed by atoms with Gasteiger partial charge in [-0.15, -0.1) is 0 Å². The highest BCUT2D eigenvalue weighted by Crippen LogP contribution is 2.42. The van der Waals surface area contributed by atoms with Crippen molar-refractivity contribution in [1.82, 2.24) is 5.32 Å². The number of nitro benzene ring substituents is 1. The molecule has 0 aliphatic carbocycles. The number of ether oxygens (including phenoxy) is 1. The fraction of sp³-hybridized carbons (Fsp3) is 0.0833. The third-order valence-electron chi connectivity index (χ3n) is 5.39. The van der Waals surface area contributed by atoms with E-state index in [9.17, 15) is 10.1 Å². The van der Waals surface area contributed by atoms with Crippen molar-refractivity contribution in [3.63, 3.8) is 0 Å². The summed E-state index contributed by atoms with van der Waals surface area (Å²) < 4.78 is 7.35. The lowest BCUT2D eigenvalue weighted by atomic mass is 9.91. The standard InChI is InChI=1S/C24H17BrN2O3/c25-18-10-5-17(6-11-18)24-26-23(16-7-12-19(13-8-16)27(28)29)22-20-4-2-1-3-15(20)9-14-21(22)30-24/h1-14,23-24,26H/t23-,24+/m0/s1. The molecule has 0 bridgehead atoms. The van der Waals surface area contributed by atoms with Crippen LogP contribution in [0.4, 0.5) is 5.69 Å². The van der Waals surface area contributed by atoms with Crippen molar-refractivity contribution in [2.75, 3.05) is 0 Å². The molecular weight excluding hydrogens is 444 g/mol. The van der Waals surface area contributed by atoms with Crippen LogP contribution in [0.5, 0.6) is 5.75 Å². The van der Waals surface area contributed by atoms with Crippen LogP contribution in [0.2, 0.25) is 0 Å². The summed E-state index contributed by atoms with van der Waals surface area (Å²) in [7, 11) is 0. The minimum Gasteiger partial charge on any atom is -0.471 e. The number of halogens is 1. The molecule has 0 unspecified atom stereocenters. The Bertz CT molecular complexity index is 1240. The number of fused-ring (bicyclic) bond motifs is 3. The first-order valence-corrected chi connectivity index (χ1v) is 10.3. The SMILES string of the molecule is O=[N+]([O-])c1ccc([C@@H]2N[C@@H](c3ccc(Br)cc3)Oc3ccc4ccccc4c32)cc1. The average Bonchev–Trinajstić information content (AvgIpc) is 2.78. The van der Waals surface area contributed by atoms with E-state index in [1.165, 1.54) is 0 Å². The molecule has 4 aromatic rings. The van der Waals surface area contributed by atoms with E-state index in [0.717, 1.165) is 37.7 Å². The molecule has 1 heterocycles. The average molecular weight is 461 g/mol. The summed E-state index contributed by atoms with van der Waals surface area (Å²) in [5.74, 6) is 0.809. The number of hydrogen-bond acceptors (Lipinski definition) is 4. The molecule has 1 aliphatic heterocycles. The van der Waals surface area contributed by atoms with Gasteiger partial charge in [-0.2, -0.15) is 0 Å². The van der Waals surface area contributed by atoms with Crippen LogP contribution in [-0.4, -0.2) is 4.92 Å². The van der Waals surface area contributed by atoms with Crippen LogP contribution in [0.15, 0.2) is 89.4 Å². The molecule has 4 aromatic carbocycles. The molecule has 0 spiro atoms. The molecule has 1 N–H and O–H groups in total. The Morgan fingerprint density at radius 2 is 1.57 bits per heavy atom. The van der Waals surface area contributed by atoms with Crippen LogP contribution in [-0.2, 0) is 0 Å². The van der Waals surface area contributed by atoms with Gasteiger partial charge in [0, 0.05) is 27.7 Å².